The summed E-state index contributed by atoms with van der Waals surface area (Å²) in [5.74, 6) is 0.286. The van der Waals surface area contributed by atoms with Gasteiger partial charge in [-0.1, -0.05) is 19.1 Å². The van der Waals surface area contributed by atoms with Gasteiger partial charge in [0.25, 0.3) is 0 Å². The zero-order valence-corrected chi connectivity index (χ0v) is 13.3. The standard InChI is InChI=1S/C17H25NO3/c1-16(2,3)21-15(20)18-11-9-17(4,10-12-18)13-5-7-14(19)8-6-13/h5-8,19H,9-12H2,1-4H3. The highest BCUT2D eigenvalue weighted by Gasteiger charge is 2.34. The SMILES string of the molecule is CC(C)(C)OC(=O)N1CCC(C)(c2ccc(O)cc2)CC1. The number of likely N-dealkylation sites (tertiary alicyclic amines) is 1. The molecule has 1 aromatic rings. The molecule has 1 N–H and O–H groups in total. The number of hydrogen-bond acceptors (Lipinski definition) is 3. The van der Waals surface area contributed by atoms with Gasteiger partial charge < -0.3 is 14.7 Å². The summed E-state index contributed by atoms with van der Waals surface area (Å²) in [7, 11) is 0. The van der Waals surface area contributed by atoms with E-state index in [1.807, 2.05) is 32.9 Å². The van der Waals surface area contributed by atoms with Gasteiger partial charge in [-0.25, -0.2) is 4.79 Å². The van der Waals surface area contributed by atoms with E-state index in [0.29, 0.717) is 13.1 Å². The van der Waals surface area contributed by atoms with E-state index < -0.39 is 5.60 Å². The number of aromatic hydroxyl groups is 1. The van der Waals surface area contributed by atoms with Gasteiger partial charge in [0.15, 0.2) is 0 Å². The van der Waals surface area contributed by atoms with Crippen LogP contribution in [0.4, 0.5) is 4.79 Å². The number of rotatable bonds is 1. The molecule has 4 heteroatoms. The molecule has 1 aromatic carbocycles. The lowest BCUT2D eigenvalue weighted by atomic mass is 9.74. The van der Waals surface area contributed by atoms with Crippen molar-refractivity contribution in [3.05, 3.63) is 29.8 Å². The van der Waals surface area contributed by atoms with E-state index in [9.17, 15) is 9.90 Å². The lowest BCUT2D eigenvalue weighted by molar-refractivity contribution is 0.0172. The van der Waals surface area contributed by atoms with Gasteiger partial charge in [0.2, 0.25) is 0 Å². The lowest BCUT2D eigenvalue weighted by Crippen LogP contribution is -2.45. The number of amides is 1. The second-order valence-electron chi connectivity index (χ2n) is 7.07. The Labute approximate surface area is 126 Å². The first-order chi connectivity index (χ1) is 9.70. The van der Waals surface area contributed by atoms with Crippen LogP contribution >= 0.6 is 0 Å². The summed E-state index contributed by atoms with van der Waals surface area (Å²) in [5.41, 5.74) is 0.810. The molecule has 1 amide bonds. The van der Waals surface area contributed by atoms with E-state index in [2.05, 4.69) is 6.92 Å². The Morgan fingerprint density at radius 3 is 2.19 bits per heavy atom. The van der Waals surface area contributed by atoms with Crippen LogP contribution in [0, 0.1) is 0 Å². The minimum atomic E-state index is -0.450. The third-order valence-corrected chi connectivity index (χ3v) is 4.08. The van der Waals surface area contributed by atoms with E-state index in [1.165, 1.54) is 5.56 Å². The molecule has 21 heavy (non-hydrogen) atoms. The van der Waals surface area contributed by atoms with Gasteiger partial charge in [-0.15, -0.1) is 0 Å². The Balaban J connectivity index is 1.99. The van der Waals surface area contributed by atoms with E-state index in [0.717, 1.165) is 12.8 Å². The van der Waals surface area contributed by atoms with E-state index in [4.69, 9.17) is 4.74 Å². The quantitative estimate of drug-likeness (QED) is 0.858. The molecule has 0 bridgehead atoms. The molecule has 0 aromatic heterocycles. The number of benzene rings is 1. The van der Waals surface area contributed by atoms with Crippen LogP contribution in [0.15, 0.2) is 24.3 Å². The number of phenolic OH excluding ortho intramolecular Hbond substituents is 1. The van der Waals surface area contributed by atoms with Crippen molar-refractivity contribution in [3.8, 4) is 5.75 Å². The summed E-state index contributed by atoms with van der Waals surface area (Å²) in [6, 6.07) is 7.39. The van der Waals surface area contributed by atoms with Crippen LogP contribution in [0.3, 0.4) is 0 Å². The fraction of sp³-hybridized carbons (Fsp3) is 0.588. The molecular weight excluding hydrogens is 266 g/mol. The number of carbonyl (C=O) groups excluding carboxylic acids is 1. The molecule has 1 fully saturated rings. The highest BCUT2D eigenvalue weighted by molar-refractivity contribution is 5.68. The monoisotopic (exact) mass is 291 g/mol. The molecule has 0 spiro atoms. The van der Waals surface area contributed by atoms with Crippen molar-refractivity contribution in [2.45, 2.75) is 51.6 Å². The van der Waals surface area contributed by atoms with Crippen molar-refractivity contribution in [1.82, 2.24) is 4.90 Å². The van der Waals surface area contributed by atoms with Crippen molar-refractivity contribution in [2.75, 3.05) is 13.1 Å². The van der Waals surface area contributed by atoms with Gasteiger partial charge in [-0.05, 0) is 56.7 Å². The average molecular weight is 291 g/mol. The predicted molar refractivity (Wildman–Crippen MR) is 82.5 cm³/mol. The molecule has 0 saturated carbocycles. The summed E-state index contributed by atoms with van der Waals surface area (Å²) < 4.78 is 5.42. The molecule has 2 rings (SSSR count). The van der Waals surface area contributed by atoms with E-state index in [-0.39, 0.29) is 17.3 Å². The summed E-state index contributed by atoms with van der Waals surface area (Å²) >= 11 is 0. The first kappa shape index (κ1) is 15.7. The second-order valence-corrected chi connectivity index (χ2v) is 7.07. The summed E-state index contributed by atoms with van der Waals surface area (Å²) in [6.07, 6.45) is 1.57. The van der Waals surface area contributed by atoms with Crippen LogP contribution in [0.2, 0.25) is 0 Å². The minimum Gasteiger partial charge on any atom is -0.508 e. The molecule has 4 nitrogen and oxygen atoms in total. The van der Waals surface area contributed by atoms with E-state index >= 15 is 0 Å². The third-order valence-electron chi connectivity index (χ3n) is 4.08. The maximum atomic E-state index is 12.1. The Morgan fingerprint density at radius 2 is 1.71 bits per heavy atom. The molecule has 116 valence electrons. The summed E-state index contributed by atoms with van der Waals surface area (Å²) in [5, 5.41) is 9.39. The number of phenols is 1. The second kappa shape index (κ2) is 5.58. The molecule has 1 aliphatic rings. The number of hydrogen-bond donors (Lipinski definition) is 1. The zero-order valence-electron chi connectivity index (χ0n) is 13.3. The van der Waals surface area contributed by atoms with Crippen LogP contribution < -0.4 is 0 Å². The van der Waals surface area contributed by atoms with Gasteiger partial charge in [0.1, 0.15) is 11.4 Å². The molecule has 0 atom stereocenters. The van der Waals surface area contributed by atoms with Crippen molar-refractivity contribution in [3.63, 3.8) is 0 Å². The van der Waals surface area contributed by atoms with Crippen LogP contribution in [0.25, 0.3) is 0 Å². The highest BCUT2D eigenvalue weighted by atomic mass is 16.6. The molecule has 1 heterocycles. The summed E-state index contributed by atoms with van der Waals surface area (Å²) in [4.78, 5) is 13.9. The first-order valence-corrected chi connectivity index (χ1v) is 7.47. The lowest BCUT2D eigenvalue weighted by Gasteiger charge is -2.40. The maximum Gasteiger partial charge on any atom is 0.410 e. The molecule has 0 unspecified atom stereocenters. The molecule has 0 radical (unpaired) electrons. The van der Waals surface area contributed by atoms with Gasteiger partial charge >= 0.3 is 6.09 Å². The van der Waals surface area contributed by atoms with Crippen LogP contribution in [0.5, 0.6) is 5.75 Å². The Morgan fingerprint density at radius 1 is 1.19 bits per heavy atom. The van der Waals surface area contributed by atoms with Crippen molar-refractivity contribution < 1.29 is 14.6 Å². The van der Waals surface area contributed by atoms with Gasteiger partial charge in [-0.3, -0.25) is 0 Å². The minimum absolute atomic E-state index is 0.0478. The fourth-order valence-electron chi connectivity index (χ4n) is 2.66. The normalized spacial score (nSPS) is 18.4. The molecule has 1 saturated heterocycles. The molecular formula is C17H25NO3. The van der Waals surface area contributed by atoms with Crippen molar-refractivity contribution in [2.24, 2.45) is 0 Å². The zero-order chi connectivity index (χ0) is 15.7. The Hall–Kier alpha value is -1.71. The molecule has 0 aliphatic carbocycles. The fourth-order valence-corrected chi connectivity index (χ4v) is 2.66. The van der Waals surface area contributed by atoms with Crippen molar-refractivity contribution >= 4 is 6.09 Å². The number of nitrogens with zero attached hydrogens (tertiary/aromatic N) is 1. The topological polar surface area (TPSA) is 49.8 Å². The van der Waals surface area contributed by atoms with E-state index in [1.54, 1.807) is 17.0 Å². The molecule has 1 aliphatic heterocycles. The average Bonchev–Trinajstić information content (AvgIpc) is 2.38. The van der Waals surface area contributed by atoms with Crippen LogP contribution in [0.1, 0.15) is 46.1 Å². The predicted octanol–water partition coefficient (Wildman–Crippen LogP) is 3.68. The highest BCUT2D eigenvalue weighted by Crippen LogP contribution is 2.35. The summed E-state index contributed by atoms with van der Waals surface area (Å²) in [6.45, 7) is 9.27. The third kappa shape index (κ3) is 3.90. The Kier molecular flexibility index (Phi) is 4.17. The van der Waals surface area contributed by atoms with Crippen LogP contribution in [-0.4, -0.2) is 34.8 Å². The number of ether oxygens (including phenoxy) is 1. The van der Waals surface area contributed by atoms with Crippen molar-refractivity contribution in [1.29, 1.82) is 0 Å². The van der Waals surface area contributed by atoms with Gasteiger partial charge in [-0.2, -0.15) is 0 Å². The van der Waals surface area contributed by atoms with Crippen LogP contribution in [-0.2, 0) is 10.2 Å². The van der Waals surface area contributed by atoms with Gasteiger partial charge in [0, 0.05) is 13.1 Å². The first-order valence-electron chi connectivity index (χ1n) is 7.47. The number of carbonyl (C=O) groups is 1. The maximum absolute atomic E-state index is 12.1. The smallest absolute Gasteiger partial charge is 0.410 e. The van der Waals surface area contributed by atoms with Gasteiger partial charge in [0.05, 0.1) is 0 Å². The Bertz CT molecular complexity index is 494. The number of piperidine rings is 1. The largest absolute Gasteiger partial charge is 0.508 e.